The number of methoxy groups -OCH3 is 1. The highest BCUT2D eigenvalue weighted by Crippen LogP contribution is 2.22. The van der Waals surface area contributed by atoms with Crippen molar-refractivity contribution in [1.82, 2.24) is 9.97 Å². The Bertz CT molecular complexity index is 342. The van der Waals surface area contributed by atoms with Crippen molar-refractivity contribution in [1.29, 1.82) is 0 Å². The van der Waals surface area contributed by atoms with E-state index in [1.165, 1.54) is 6.33 Å². The SMILES string of the molecule is COc1cc(NCC(C)(C)CCCO)ncn1. The molecular formula is C12H21N3O2. The van der Waals surface area contributed by atoms with Crippen LogP contribution >= 0.6 is 0 Å². The van der Waals surface area contributed by atoms with E-state index in [1.807, 2.05) is 0 Å². The summed E-state index contributed by atoms with van der Waals surface area (Å²) >= 11 is 0. The summed E-state index contributed by atoms with van der Waals surface area (Å²) in [6, 6.07) is 1.77. The predicted molar refractivity (Wildman–Crippen MR) is 67.2 cm³/mol. The lowest BCUT2D eigenvalue weighted by Crippen LogP contribution is -2.23. The molecule has 0 saturated carbocycles. The molecule has 0 saturated heterocycles. The topological polar surface area (TPSA) is 67.3 Å². The lowest BCUT2D eigenvalue weighted by molar-refractivity contribution is 0.248. The lowest BCUT2D eigenvalue weighted by atomic mass is 9.88. The first-order valence-corrected chi connectivity index (χ1v) is 5.78. The van der Waals surface area contributed by atoms with E-state index in [0.717, 1.165) is 25.2 Å². The van der Waals surface area contributed by atoms with Crippen molar-refractivity contribution in [3.63, 3.8) is 0 Å². The van der Waals surface area contributed by atoms with Gasteiger partial charge in [0.05, 0.1) is 7.11 Å². The van der Waals surface area contributed by atoms with Crippen molar-refractivity contribution >= 4 is 5.82 Å². The Labute approximate surface area is 102 Å². The molecule has 5 nitrogen and oxygen atoms in total. The van der Waals surface area contributed by atoms with Gasteiger partial charge in [-0.25, -0.2) is 9.97 Å². The van der Waals surface area contributed by atoms with Crippen LogP contribution in [0.1, 0.15) is 26.7 Å². The van der Waals surface area contributed by atoms with Crippen LogP contribution in [0.3, 0.4) is 0 Å². The van der Waals surface area contributed by atoms with Gasteiger partial charge in [0, 0.05) is 19.2 Å². The van der Waals surface area contributed by atoms with E-state index in [4.69, 9.17) is 9.84 Å². The van der Waals surface area contributed by atoms with Crippen molar-refractivity contribution in [2.75, 3.05) is 25.6 Å². The van der Waals surface area contributed by atoms with Crippen LogP contribution in [0.4, 0.5) is 5.82 Å². The van der Waals surface area contributed by atoms with E-state index >= 15 is 0 Å². The molecule has 1 aromatic heterocycles. The predicted octanol–water partition coefficient (Wildman–Crippen LogP) is 1.70. The second-order valence-electron chi connectivity index (χ2n) is 4.79. The molecule has 2 N–H and O–H groups in total. The molecule has 1 heterocycles. The highest BCUT2D eigenvalue weighted by Gasteiger charge is 2.17. The summed E-state index contributed by atoms with van der Waals surface area (Å²) < 4.78 is 5.03. The maximum absolute atomic E-state index is 8.83. The number of ether oxygens (including phenoxy) is 1. The summed E-state index contributed by atoms with van der Waals surface area (Å²) in [5.74, 6) is 1.31. The van der Waals surface area contributed by atoms with Crippen molar-refractivity contribution < 1.29 is 9.84 Å². The van der Waals surface area contributed by atoms with Gasteiger partial charge in [-0.15, -0.1) is 0 Å². The van der Waals surface area contributed by atoms with Crippen LogP contribution < -0.4 is 10.1 Å². The van der Waals surface area contributed by atoms with Gasteiger partial charge in [0.2, 0.25) is 5.88 Å². The number of aliphatic hydroxyl groups excluding tert-OH is 1. The Morgan fingerprint density at radius 3 is 2.82 bits per heavy atom. The molecule has 0 spiro atoms. The second-order valence-corrected chi connectivity index (χ2v) is 4.79. The van der Waals surface area contributed by atoms with Crippen LogP contribution in [-0.4, -0.2) is 35.3 Å². The van der Waals surface area contributed by atoms with E-state index in [9.17, 15) is 0 Å². The third-order valence-electron chi connectivity index (χ3n) is 2.61. The highest BCUT2D eigenvalue weighted by atomic mass is 16.5. The monoisotopic (exact) mass is 239 g/mol. The molecule has 0 aromatic carbocycles. The van der Waals surface area contributed by atoms with Crippen molar-refractivity contribution in [3.05, 3.63) is 12.4 Å². The van der Waals surface area contributed by atoms with E-state index in [0.29, 0.717) is 5.88 Å². The van der Waals surface area contributed by atoms with Gasteiger partial charge < -0.3 is 15.2 Å². The summed E-state index contributed by atoms with van der Waals surface area (Å²) in [5, 5.41) is 12.1. The molecule has 0 aliphatic heterocycles. The Hall–Kier alpha value is -1.36. The largest absolute Gasteiger partial charge is 0.481 e. The van der Waals surface area contributed by atoms with Gasteiger partial charge in [-0.1, -0.05) is 13.8 Å². The maximum atomic E-state index is 8.83. The van der Waals surface area contributed by atoms with Gasteiger partial charge in [0.15, 0.2) is 0 Å². The van der Waals surface area contributed by atoms with Crippen molar-refractivity contribution in [3.8, 4) is 5.88 Å². The van der Waals surface area contributed by atoms with Gasteiger partial charge in [0.1, 0.15) is 12.1 Å². The average molecular weight is 239 g/mol. The van der Waals surface area contributed by atoms with Crippen LogP contribution in [0.5, 0.6) is 5.88 Å². The number of hydrogen-bond acceptors (Lipinski definition) is 5. The van der Waals surface area contributed by atoms with Crippen molar-refractivity contribution in [2.24, 2.45) is 5.41 Å². The lowest BCUT2D eigenvalue weighted by Gasteiger charge is -2.24. The van der Waals surface area contributed by atoms with Gasteiger partial charge in [-0.2, -0.15) is 0 Å². The Kier molecular flexibility index (Phi) is 5.15. The number of nitrogens with zero attached hydrogens (tertiary/aromatic N) is 2. The first-order valence-electron chi connectivity index (χ1n) is 5.78. The summed E-state index contributed by atoms with van der Waals surface area (Å²) in [6.45, 7) is 5.36. The molecule has 0 aliphatic carbocycles. The zero-order valence-corrected chi connectivity index (χ0v) is 10.7. The first-order chi connectivity index (χ1) is 8.07. The molecule has 0 unspecified atom stereocenters. The summed E-state index contributed by atoms with van der Waals surface area (Å²) in [6.07, 6.45) is 3.27. The Balaban J connectivity index is 2.48. The third-order valence-corrected chi connectivity index (χ3v) is 2.61. The molecule has 0 atom stereocenters. The minimum Gasteiger partial charge on any atom is -0.481 e. The quantitative estimate of drug-likeness (QED) is 0.758. The number of anilines is 1. The van der Waals surface area contributed by atoms with Gasteiger partial charge in [-0.05, 0) is 18.3 Å². The second kappa shape index (κ2) is 6.39. The molecule has 1 rings (SSSR count). The van der Waals surface area contributed by atoms with Gasteiger partial charge in [0.25, 0.3) is 0 Å². The van der Waals surface area contributed by atoms with E-state index < -0.39 is 0 Å². The maximum Gasteiger partial charge on any atom is 0.218 e. The molecule has 5 heteroatoms. The molecule has 1 aromatic rings. The van der Waals surface area contributed by atoms with E-state index in [1.54, 1.807) is 13.2 Å². The minimum atomic E-state index is 0.126. The minimum absolute atomic E-state index is 0.126. The highest BCUT2D eigenvalue weighted by molar-refractivity contribution is 5.37. The van der Waals surface area contributed by atoms with E-state index in [2.05, 4.69) is 29.1 Å². The van der Waals surface area contributed by atoms with Crippen LogP contribution in [0.15, 0.2) is 12.4 Å². The Morgan fingerprint density at radius 2 is 2.18 bits per heavy atom. The van der Waals surface area contributed by atoms with Crippen LogP contribution in [0.25, 0.3) is 0 Å². The fraction of sp³-hybridized carbons (Fsp3) is 0.667. The molecule has 17 heavy (non-hydrogen) atoms. The number of aliphatic hydroxyl groups is 1. The normalized spacial score (nSPS) is 11.3. The van der Waals surface area contributed by atoms with Crippen molar-refractivity contribution in [2.45, 2.75) is 26.7 Å². The first kappa shape index (κ1) is 13.7. The van der Waals surface area contributed by atoms with Crippen LogP contribution in [-0.2, 0) is 0 Å². The zero-order valence-electron chi connectivity index (χ0n) is 10.7. The van der Waals surface area contributed by atoms with E-state index in [-0.39, 0.29) is 12.0 Å². The fourth-order valence-electron chi connectivity index (χ4n) is 1.52. The third kappa shape index (κ3) is 4.99. The summed E-state index contributed by atoms with van der Waals surface area (Å²) in [7, 11) is 1.58. The smallest absolute Gasteiger partial charge is 0.218 e. The number of hydrogen-bond donors (Lipinski definition) is 2. The molecule has 96 valence electrons. The Morgan fingerprint density at radius 1 is 1.41 bits per heavy atom. The molecule has 0 bridgehead atoms. The fourth-order valence-corrected chi connectivity index (χ4v) is 1.52. The molecular weight excluding hydrogens is 218 g/mol. The molecule has 0 fully saturated rings. The zero-order chi connectivity index (χ0) is 12.7. The molecule has 0 amide bonds. The summed E-state index contributed by atoms with van der Waals surface area (Å²) in [4.78, 5) is 8.06. The molecule has 0 aliphatic rings. The van der Waals surface area contributed by atoms with Gasteiger partial charge in [-0.3, -0.25) is 0 Å². The van der Waals surface area contributed by atoms with Crippen LogP contribution in [0, 0.1) is 5.41 Å². The van der Waals surface area contributed by atoms with Crippen LogP contribution in [0.2, 0.25) is 0 Å². The number of aromatic nitrogens is 2. The average Bonchev–Trinajstić information content (AvgIpc) is 2.34. The number of rotatable bonds is 7. The van der Waals surface area contributed by atoms with Gasteiger partial charge >= 0.3 is 0 Å². The number of nitrogens with one attached hydrogen (secondary N) is 1. The molecule has 0 radical (unpaired) electrons. The standard InChI is InChI=1S/C12H21N3O2/c1-12(2,5-4-6-16)8-13-10-7-11(17-3)15-9-14-10/h7,9,16H,4-6,8H2,1-3H3,(H,13,14,15). The summed E-state index contributed by atoms with van der Waals surface area (Å²) in [5.41, 5.74) is 0.126.